The number of nitro groups is 1. The van der Waals surface area contributed by atoms with Gasteiger partial charge in [0.2, 0.25) is 0 Å². The predicted octanol–water partition coefficient (Wildman–Crippen LogP) is 2.10. The van der Waals surface area contributed by atoms with Gasteiger partial charge in [0, 0.05) is 38.9 Å². The van der Waals surface area contributed by atoms with E-state index in [1.54, 1.807) is 21.1 Å². The number of methoxy groups -OCH3 is 1. The first kappa shape index (κ1) is 16.9. The van der Waals surface area contributed by atoms with Gasteiger partial charge in [-0.05, 0) is 25.5 Å². The highest BCUT2D eigenvalue weighted by molar-refractivity contribution is 5.95. The summed E-state index contributed by atoms with van der Waals surface area (Å²) in [6.07, 6.45) is 0.706. The van der Waals surface area contributed by atoms with Crippen LogP contribution in [0.2, 0.25) is 0 Å². The Kier molecular flexibility index (Phi) is 6.61. The first-order chi connectivity index (χ1) is 10.0. The van der Waals surface area contributed by atoms with Crippen molar-refractivity contribution in [2.24, 2.45) is 0 Å². The summed E-state index contributed by atoms with van der Waals surface area (Å²) in [6, 6.07) is 4.24. The summed E-state index contributed by atoms with van der Waals surface area (Å²) >= 11 is 0. The fraction of sp³-hybridized carbons (Fsp3) is 0.500. The first-order valence-electron chi connectivity index (χ1n) is 6.66. The molecule has 0 aliphatic heterocycles. The molecule has 21 heavy (non-hydrogen) atoms. The van der Waals surface area contributed by atoms with Gasteiger partial charge in [-0.3, -0.25) is 14.9 Å². The fourth-order valence-corrected chi connectivity index (χ4v) is 1.84. The molecule has 0 saturated carbocycles. The van der Waals surface area contributed by atoms with E-state index in [-0.39, 0.29) is 22.9 Å². The lowest BCUT2D eigenvalue weighted by molar-refractivity contribution is -0.385. The van der Waals surface area contributed by atoms with Crippen LogP contribution in [0.4, 0.5) is 5.69 Å². The van der Waals surface area contributed by atoms with Gasteiger partial charge in [0.1, 0.15) is 0 Å². The van der Waals surface area contributed by atoms with Crippen molar-refractivity contribution >= 4 is 11.6 Å². The fourth-order valence-electron chi connectivity index (χ4n) is 1.84. The molecule has 0 fully saturated rings. The van der Waals surface area contributed by atoms with Crippen LogP contribution < -0.4 is 4.74 Å². The lowest BCUT2D eigenvalue weighted by Gasteiger charge is -2.17. The summed E-state index contributed by atoms with van der Waals surface area (Å²) in [5, 5.41) is 11.0. The number of carbonyl (C=O) groups is 1. The Hall–Kier alpha value is -2.15. The van der Waals surface area contributed by atoms with Gasteiger partial charge < -0.3 is 14.4 Å². The largest absolute Gasteiger partial charge is 0.487 e. The van der Waals surface area contributed by atoms with Crippen molar-refractivity contribution in [3.8, 4) is 5.75 Å². The standard InChI is InChI=1S/C14H20N2O5/c1-4-21-13-7-6-11(10-12(13)16(18)19)14(17)15(2)8-5-9-20-3/h6-7,10H,4-5,8-9H2,1-3H3. The number of hydrogen-bond donors (Lipinski definition) is 0. The maximum atomic E-state index is 12.2. The highest BCUT2D eigenvalue weighted by Crippen LogP contribution is 2.28. The molecule has 0 unspecified atom stereocenters. The number of nitro benzene ring substituents is 1. The second-order valence-electron chi connectivity index (χ2n) is 4.45. The number of nitrogens with zero attached hydrogens (tertiary/aromatic N) is 2. The normalized spacial score (nSPS) is 10.2. The number of carbonyl (C=O) groups excluding carboxylic acids is 1. The van der Waals surface area contributed by atoms with Crippen LogP contribution in [0.3, 0.4) is 0 Å². The highest BCUT2D eigenvalue weighted by Gasteiger charge is 2.20. The van der Waals surface area contributed by atoms with E-state index in [9.17, 15) is 14.9 Å². The lowest BCUT2D eigenvalue weighted by atomic mass is 10.1. The Labute approximate surface area is 123 Å². The van der Waals surface area contributed by atoms with Gasteiger partial charge in [-0.1, -0.05) is 0 Å². The molecule has 0 spiro atoms. The average molecular weight is 296 g/mol. The second-order valence-corrected chi connectivity index (χ2v) is 4.45. The summed E-state index contributed by atoms with van der Waals surface area (Å²) in [4.78, 5) is 24.2. The van der Waals surface area contributed by atoms with E-state index in [4.69, 9.17) is 9.47 Å². The molecule has 1 amide bonds. The average Bonchev–Trinajstić information content (AvgIpc) is 2.47. The van der Waals surface area contributed by atoms with Crippen molar-refractivity contribution in [3.63, 3.8) is 0 Å². The van der Waals surface area contributed by atoms with Gasteiger partial charge in [0.05, 0.1) is 11.5 Å². The van der Waals surface area contributed by atoms with Crippen molar-refractivity contribution < 1.29 is 19.2 Å². The van der Waals surface area contributed by atoms with E-state index in [0.29, 0.717) is 26.2 Å². The minimum Gasteiger partial charge on any atom is -0.487 e. The topological polar surface area (TPSA) is 81.9 Å². The van der Waals surface area contributed by atoms with Crippen molar-refractivity contribution in [1.29, 1.82) is 0 Å². The summed E-state index contributed by atoms with van der Waals surface area (Å²) in [5.41, 5.74) is 0.0676. The Bertz CT molecular complexity index is 504. The molecule has 0 radical (unpaired) electrons. The predicted molar refractivity (Wildman–Crippen MR) is 77.7 cm³/mol. The summed E-state index contributed by atoms with van der Waals surface area (Å²) < 4.78 is 10.1. The minimum absolute atomic E-state index is 0.168. The summed E-state index contributed by atoms with van der Waals surface area (Å²) in [6.45, 7) is 3.14. The zero-order valence-electron chi connectivity index (χ0n) is 12.5. The quantitative estimate of drug-likeness (QED) is 0.417. The SMILES string of the molecule is CCOc1ccc(C(=O)N(C)CCCOC)cc1[N+](=O)[O-]. The molecule has 0 N–H and O–H groups in total. The van der Waals surface area contributed by atoms with E-state index in [1.165, 1.54) is 23.1 Å². The first-order valence-corrected chi connectivity index (χ1v) is 6.66. The Morgan fingerprint density at radius 2 is 2.14 bits per heavy atom. The van der Waals surface area contributed by atoms with Crippen molar-refractivity contribution in [3.05, 3.63) is 33.9 Å². The van der Waals surface area contributed by atoms with E-state index >= 15 is 0 Å². The zero-order chi connectivity index (χ0) is 15.8. The molecule has 116 valence electrons. The molecule has 0 aliphatic rings. The monoisotopic (exact) mass is 296 g/mol. The number of ether oxygens (including phenoxy) is 2. The molecule has 0 bridgehead atoms. The third-order valence-electron chi connectivity index (χ3n) is 2.89. The maximum Gasteiger partial charge on any atom is 0.311 e. The molecular weight excluding hydrogens is 276 g/mol. The van der Waals surface area contributed by atoms with Crippen molar-refractivity contribution in [2.75, 3.05) is 33.9 Å². The minimum atomic E-state index is -0.549. The van der Waals surface area contributed by atoms with Gasteiger partial charge in [-0.25, -0.2) is 0 Å². The number of amides is 1. The zero-order valence-corrected chi connectivity index (χ0v) is 12.5. The van der Waals surface area contributed by atoms with E-state index in [2.05, 4.69) is 0 Å². The van der Waals surface area contributed by atoms with Gasteiger partial charge in [0.25, 0.3) is 5.91 Å². The molecule has 1 aromatic rings. The van der Waals surface area contributed by atoms with Gasteiger partial charge >= 0.3 is 5.69 Å². The lowest BCUT2D eigenvalue weighted by Crippen LogP contribution is -2.28. The molecule has 0 heterocycles. The second kappa shape index (κ2) is 8.21. The van der Waals surface area contributed by atoms with Crippen LogP contribution >= 0.6 is 0 Å². The van der Waals surface area contributed by atoms with Crippen LogP contribution in [0.25, 0.3) is 0 Å². The smallest absolute Gasteiger partial charge is 0.311 e. The third kappa shape index (κ3) is 4.71. The van der Waals surface area contributed by atoms with Gasteiger partial charge in [0.15, 0.2) is 5.75 Å². The highest BCUT2D eigenvalue weighted by atomic mass is 16.6. The number of rotatable bonds is 8. The Morgan fingerprint density at radius 1 is 1.43 bits per heavy atom. The summed E-state index contributed by atoms with van der Waals surface area (Å²) in [7, 11) is 3.25. The van der Waals surface area contributed by atoms with E-state index in [0.717, 1.165) is 0 Å². The number of benzene rings is 1. The van der Waals surface area contributed by atoms with E-state index < -0.39 is 4.92 Å². The van der Waals surface area contributed by atoms with Gasteiger partial charge in [-0.2, -0.15) is 0 Å². The molecule has 0 aliphatic carbocycles. The molecule has 1 aromatic carbocycles. The van der Waals surface area contributed by atoms with Crippen LogP contribution in [0.15, 0.2) is 18.2 Å². The Morgan fingerprint density at radius 3 is 2.71 bits per heavy atom. The van der Waals surface area contributed by atoms with Crippen LogP contribution in [0.1, 0.15) is 23.7 Å². The van der Waals surface area contributed by atoms with Crippen LogP contribution in [-0.4, -0.2) is 49.6 Å². The molecule has 0 atom stereocenters. The molecule has 1 rings (SSSR count). The maximum absolute atomic E-state index is 12.2. The molecule has 7 heteroatoms. The van der Waals surface area contributed by atoms with Crippen LogP contribution in [0.5, 0.6) is 5.75 Å². The summed E-state index contributed by atoms with van der Waals surface area (Å²) in [5.74, 6) is -0.0988. The Balaban J connectivity index is 2.89. The van der Waals surface area contributed by atoms with Gasteiger partial charge in [-0.15, -0.1) is 0 Å². The van der Waals surface area contributed by atoms with E-state index in [1.807, 2.05) is 0 Å². The van der Waals surface area contributed by atoms with Crippen LogP contribution in [0, 0.1) is 10.1 Å². The van der Waals surface area contributed by atoms with Crippen molar-refractivity contribution in [1.82, 2.24) is 4.90 Å². The molecule has 7 nitrogen and oxygen atoms in total. The molecule has 0 saturated heterocycles. The molecule has 0 aromatic heterocycles. The third-order valence-corrected chi connectivity index (χ3v) is 2.89. The van der Waals surface area contributed by atoms with Crippen LogP contribution in [-0.2, 0) is 4.74 Å². The molecular formula is C14H20N2O5. The number of hydrogen-bond acceptors (Lipinski definition) is 5. The van der Waals surface area contributed by atoms with Crippen molar-refractivity contribution in [2.45, 2.75) is 13.3 Å².